The van der Waals surface area contributed by atoms with Gasteiger partial charge < -0.3 is 15.0 Å². The number of benzene rings is 1. The van der Waals surface area contributed by atoms with Gasteiger partial charge in [0.2, 0.25) is 0 Å². The molecule has 0 aliphatic heterocycles. The van der Waals surface area contributed by atoms with E-state index in [2.05, 4.69) is 24.8 Å². The predicted molar refractivity (Wildman–Crippen MR) is 96.0 cm³/mol. The first-order chi connectivity index (χ1) is 12.7. The minimum absolute atomic E-state index is 0.115. The Balaban J connectivity index is 1.89. The number of hydrogen-bond acceptors (Lipinski definition) is 7. The highest BCUT2D eigenvalue weighted by Crippen LogP contribution is 2.26. The Morgan fingerprint density at radius 2 is 2.04 bits per heavy atom. The van der Waals surface area contributed by atoms with Crippen molar-refractivity contribution in [3.8, 4) is 5.95 Å². The summed E-state index contributed by atoms with van der Waals surface area (Å²) in [4.78, 5) is 16.5. The van der Waals surface area contributed by atoms with Crippen molar-refractivity contribution in [1.29, 1.82) is 0 Å². The number of rotatable bonds is 4. The molecular weight excluding hydrogens is 334 g/mol. The molecule has 0 aliphatic rings. The third kappa shape index (κ3) is 2.28. The van der Waals surface area contributed by atoms with E-state index in [0.717, 1.165) is 17.4 Å². The molecule has 3 heterocycles. The molecule has 0 amide bonds. The molecule has 4 aromatic rings. The summed E-state index contributed by atoms with van der Waals surface area (Å²) in [5.74, 6) is -0.222. The van der Waals surface area contributed by atoms with Crippen molar-refractivity contribution >= 4 is 33.9 Å². The van der Waals surface area contributed by atoms with E-state index in [0.29, 0.717) is 11.2 Å². The zero-order valence-electron chi connectivity index (χ0n) is 14.4. The number of carbonyl (C=O) groups is 1. The number of anilines is 1. The summed E-state index contributed by atoms with van der Waals surface area (Å²) in [5, 5.41) is 13.6. The second kappa shape index (κ2) is 6.10. The van der Waals surface area contributed by atoms with Crippen molar-refractivity contribution in [3.63, 3.8) is 0 Å². The second-order valence-corrected chi connectivity index (χ2v) is 5.62. The van der Waals surface area contributed by atoms with Gasteiger partial charge in [-0.3, -0.25) is 0 Å². The van der Waals surface area contributed by atoms with Crippen LogP contribution >= 0.6 is 0 Å². The molecule has 132 valence electrons. The van der Waals surface area contributed by atoms with Crippen LogP contribution in [0.25, 0.3) is 28.0 Å². The zero-order chi connectivity index (χ0) is 18.3. The van der Waals surface area contributed by atoms with Crippen LogP contribution in [0.3, 0.4) is 0 Å². The van der Waals surface area contributed by atoms with Crippen LogP contribution in [0.2, 0.25) is 0 Å². The molecule has 0 unspecified atom stereocenters. The summed E-state index contributed by atoms with van der Waals surface area (Å²) in [7, 11) is 0. The highest BCUT2D eigenvalue weighted by molar-refractivity contribution is 6.04. The number of aromatic nitrogens is 6. The molecule has 0 fully saturated rings. The first kappa shape index (κ1) is 16.0. The van der Waals surface area contributed by atoms with Gasteiger partial charge in [-0.1, -0.05) is 18.2 Å². The van der Waals surface area contributed by atoms with Crippen LogP contribution in [0.1, 0.15) is 24.2 Å². The molecule has 0 radical (unpaired) electrons. The lowest BCUT2D eigenvalue weighted by molar-refractivity contribution is 0.0527. The van der Waals surface area contributed by atoms with Crippen LogP contribution in [0, 0.1) is 0 Å². The zero-order valence-corrected chi connectivity index (χ0v) is 14.4. The number of fused-ring (bicyclic) bond motifs is 3. The molecule has 9 heteroatoms. The van der Waals surface area contributed by atoms with E-state index in [1.165, 1.54) is 10.9 Å². The first-order valence-corrected chi connectivity index (χ1v) is 8.28. The van der Waals surface area contributed by atoms with E-state index in [9.17, 15) is 4.79 Å². The first-order valence-electron chi connectivity index (χ1n) is 8.28. The molecule has 1 aromatic carbocycles. The van der Waals surface area contributed by atoms with Gasteiger partial charge in [0.1, 0.15) is 16.9 Å². The van der Waals surface area contributed by atoms with E-state index in [1.54, 1.807) is 6.92 Å². The van der Waals surface area contributed by atoms with E-state index >= 15 is 0 Å². The summed E-state index contributed by atoms with van der Waals surface area (Å²) in [6, 6.07) is 7.93. The standard InChI is InChI=1S/C17H17N7O2/c1-3-23-12-8-6-5-7-10(12)13-15(23)20-17(22-21-13)24-14(18)11(9-19-24)16(25)26-4-2/h5-9H,3-4,18H2,1-2H3. The minimum Gasteiger partial charge on any atom is -0.462 e. The van der Waals surface area contributed by atoms with Gasteiger partial charge in [-0.2, -0.15) is 14.8 Å². The van der Waals surface area contributed by atoms with Gasteiger partial charge in [0.05, 0.1) is 18.3 Å². The van der Waals surface area contributed by atoms with Gasteiger partial charge in [-0.05, 0) is 19.9 Å². The monoisotopic (exact) mass is 351 g/mol. The molecule has 0 atom stereocenters. The van der Waals surface area contributed by atoms with Crippen LogP contribution < -0.4 is 5.73 Å². The number of ether oxygens (including phenoxy) is 1. The average molecular weight is 351 g/mol. The Bertz CT molecular complexity index is 1130. The third-order valence-corrected chi connectivity index (χ3v) is 4.17. The van der Waals surface area contributed by atoms with Crippen molar-refractivity contribution in [2.24, 2.45) is 0 Å². The fraction of sp³-hybridized carbons (Fsp3) is 0.235. The van der Waals surface area contributed by atoms with Gasteiger partial charge in [0, 0.05) is 11.9 Å². The molecule has 9 nitrogen and oxygen atoms in total. The number of nitrogens with zero attached hydrogens (tertiary/aromatic N) is 6. The smallest absolute Gasteiger partial charge is 0.343 e. The van der Waals surface area contributed by atoms with Crippen LogP contribution in [-0.4, -0.2) is 42.1 Å². The van der Waals surface area contributed by atoms with Gasteiger partial charge >= 0.3 is 5.97 Å². The van der Waals surface area contributed by atoms with Crippen molar-refractivity contribution < 1.29 is 9.53 Å². The lowest BCUT2D eigenvalue weighted by Gasteiger charge is -2.05. The molecule has 0 aliphatic carbocycles. The quantitative estimate of drug-likeness (QED) is 0.559. The van der Waals surface area contributed by atoms with Crippen molar-refractivity contribution in [1.82, 2.24) is 29.5 Å². The van der Waals surface area contributed by atoms with Crippen molar-refractivity contribution in [2.45, 2.75) is 20.4 Å². The Morgan fingerprint density at radius 1 is 1.23 bits per heavy atom. The number of aryl methyl sites for hydroxylation is 1. The Hall–Kier alpha value is -3.49. The second-order valence-electron chi connectivity index (χ2n) is 5.62. The molecule has 3 aromatic heterocycles. The Kier molecular flexibility index (Phi) is 3.76. The fourth-order valence-electron chi connectivity index (χ4n) is 2.99. The lowest BCUT2D eigenvalue weighted by atomic mass is 10.2. The number of nitrogens with two attached hydrogens (primary N) is 1. The highest BCUT2D eigenvalue weighted by Gasteiger charge is 2.20. The summed E-state index contributed by atoms with van der Waals surface area (Å²) >= 11 is 0. The highest BCUT2D eigenvalue weighted by atomic mass is 16.5. The summed E-state index contributed by atoms with van der Waals surface area (Å²) in [5.41, 5.74) is 8.64. The molecule has 0 saturated carbocycles. The number of para-hydroxylation sites is 1. The number of esters is 1. The minimum atomic E-state index is -0.534. The van der Waals surface area contributed by atoms with Crippen LogP contribution in [0.5, 0.6) is 0 Å². The normalized spacial score (nSPS) is 11.3. The van der Waals surface area contributed by atoms with Crippen LogP contribution in [-0.2, 0) is 11.3 Å². The van der Waals surface area contributed by atoms with Crippen LogP contribution in [0.15, 0.2) is 30.5 Å². The van der Waals surface area contributed by atoms with Gasteiger partial charge in [-0.15, -0.1) is 10.2 Å². The summed E-state index contributed by atoms with van der Waals surface area (Å²) < 4.78 is 8.31. The SMILES string of the molecule is CCOC(=O)c1cnn(-c2nnc3c4ccccc4n(CC)c3n2)c1N. The maximum Gasteiger partial charge on any atom is 0.343 e. The van der Waals surface area contributed by atoms with E-state index in [1.807, 2.05) is 31.2 Å². The van der Waals surface area contributed by atoms with Gasteiger partial charge in [0.15, 0.2) is 5.65 Å². The third-order valence-electron chi connectivity index (χ3n) is 4.17. The maximum absolute atomic E-state index is 11.9. The van der Waals surface area contributed by atoms with Gasteiger partial charge in [-0.25, -0.2) is 4.79 Å². The van der Waals surface area contributed by atoms with Crippen LogP contribution in [0.4, 0.5) is 5.82 Å². The lowest BCUT2D eigenvalue weighted by Crippen LogP contribution is -2.11. The fourth-order valence-corrected chi connectivity index (χ4v) is 2.99. The number of nitrogen functional groups attached to an aromatic ring is 1. The summed E-state index contributed by atoms with van der Waals surface area (Å²) in [6.45, 7) is 4.74. The molecule has 0 saturated heterocycles. The van der Waals surface area contributed by atoms with Crippen molar-refractivity contribution in [2.75, 3.05) is 12.3 Å². The molecule has 2 N–H and O–H groups in total. The van der Waals surface area contributed by atoms with E-state index < -0.39 is 5.97 Å². The van der Waals surface area contributed by atoms with Gasteiger partial charge in [0.25, 0.3) is 5.95 Å². The molecule has 0 bridgehead atoms. The Morgan fingerprint density at radius 3 is 2.81 bits per heavy atom. The number of hydrogen-bond donors (Lipinski definition) is 1. The molecular formula is C17H17N7O2. The van der Waals surface area contributed by atoms with Crippen molar-refractivity contribution in [3.05, 3.63) is 36.0 Å². The maximum atomic E-state index is 11.9. The molecule has 0 spiro atoms. The topological polar surface area (TPSA) is 114 Å². The molecule has 4 rings (SSSR count). The predicted octanol–water partition coefficient (Wildman–Crippen LogP) is 1.94. The average Bonchev–Trinajstić information content (AvgIpc) is 3.19. The molecule has 26 heavy (non-hydrogen) atoms. The summed E-state index contributed by atoms with van der Waals surface area (Å²) in [6.07, 6.45) is 1.34. The number of carbonyl (C=O) groups excluding carboxylic acids is 1. The largest absolute Gasteiger partial charge is 0.462 e. The Labute approximate surface area is 148 Å². The van der Waals surface area contributed by atoms with E-state index in [4.69, 9.17) is 10.5 Å². The van der Waals surface area contributed by atoms with E-state index in [-0.39, 0.29) is 23.9 Å².